The summed E-state index contributed by atoms with van der Waals surface area (Å²) in [5.74, 6) is -0.0739. The van der Waals surface area contributed by atoms with E-state index >= 15 is 0 Å². The first-order chi connectivity index (χ1) is 9.00. The predicted molar refractivity (Wildman–Crippen MR) is 83.4 cm³/mol. The van der Waals surface area contributed by atoms with E-state index in [2.05, 4.69) is 43.2 Å². The Morgan fingerprint density at radius 3 is 2.63 bits per heavy atom. The van der Waals surface area contributed by atoms with Crippen molar-refractivity contribution in [2.45, 2.75) is 24.2 Å². The fourth-order valence-corrected chi connectivity index (χ4v) is 2.93. The first kappa shape index (κ1) is 14.2. The zero-order valence-corrected chi connectivity index (χ0v) is 12.7. The number of thiophene rings is 1. The molecule has 0 unspecified atom stereocenters. The van der Waals surface area contributed by atoms with Crippen molar-refractivity contribution in [2.75, 3.05) is 6.54 Å². The van der Waals surface area contributed by atoms with Crippen molar-refractivity contribution in [1.29, 1.82) is 0 Å². The van der Waals surface area contributed by atoms with Crippen LogP contribution in [-0.2, 0) is 5.41 Å². The molecule has 0 aliphatic carbocycles. The van der Waals surface area contributed by atoms with E-state index in [1.165, 1.54) is 4.88 Å². The van der Waals surface area contributed by atoms with Gasteiger partial charge in [0.15, 0.2) is 0 Å². The number of carbonyl (C=O) groups excluding carboxylic acids is 1. The van der Waals surface area contributed by atoms with Crippen molar-refractivity contribution in [2.24, 2.45) is 0 Å². The van der Waals surface area contributed by atoms with Gasteiger partial charge in [0.25, 0.3) is 5.91 Å². The van der Waals surface area contributed by atoms with E-state index in [1.807, 2.05) is 24.3 Å². The highest BCUT2D eigenvalue weighted by molar-refractivity contribution is 7.80. The molecule has 0 bridgehead atoms. The van der Waals surface area contributed by atoms with Crippen LogP contribution in [0, 0.1) is 0 Å². The maximum absolute atomic E-state index is 12.1. The van der Waals surface area contributed by atoms with Gasteiger partial charge in [0.05, 0.1) is 5.56 Å². The Kier molecular flexibility index (Phi) is 4.32. The number of hydrogen-bond donors (Lipinski definition) is 2. The van der Waals surface area contributed by atoms with E-state index < -0.39 is 0 Å². The molecule has 0 aliphatic heterocycles. The second-order valence-electron chi connectivity index (χ2n) is 5.06. The van der Waals surface area contributed by atoms with Gasteiger partial charge >= 0.3 is 0 Å². The first-order valence-electron chi connectivity index (χ1n) is 6.11. The third-order valence-electron chi connectivity index (χ3n) is 3.03. The number of carbonyl (C=O) groups is 1. The molecule has 100 valence electrons. The Labute approximate surface area is 123 Å². The molecule has 0 radical (unpaired) electrons. The van der Waals surface area contributed by atoms with E-state index in [-0.39, 0.29) is 11.3 Å². The average Bonchev–Trinajstić information content (AvgIpc) is 2.91. The molecule has 2 rings (SSSR count). The molecule has 2 nitrogen and oxygen atoms in total. The molecule has 1 N–H and O–H groups in total. The van der Waals surface area contributed by atoms with Crippen molar-refractivity contribution in [1.82, 2.24) is 5.32 Å². The molecule has 2 aromatic rings. The SMILES string of the molecule is CC(C)(CNC(=O)c1ccccc1S)c1cccs1. The van der Waals surface area contributed by atoms with E-state index in [9.17, 15) is 4.79 Å². The van der Waals surface area contributed by atoms with Crippen molar-refractivity contribution in [3.63, 3.8) is 0 Å². The number of nitrogens with one attached hydrogen (secondary N) is 1. The molecule has 0 spiro atoms. The molecular formula is C15H17NOS2. The van der Waals surface area contributed by atoms with Crippen LogP contribution < -0.4 is 5.32 Å². The molecule has 0 aliphatic rings. The summed E-state index contributed by atoms with van der Waals surface area (Å²) in [4.78, 5) is 14.1. The number of rotatable bonds is 4. The van der Waals surface area contributed by atoms with E-state index in [0.717, 1.165) is 0 Å². The topological polar surface area (TPSA) is 29.1 Å². The molecule has 1 amide bonds. The number of amides is 1. The van der Waals surface area contributed by atoms with Crippen molar-refractivity contribution in [3.05, 3.63) is 52.2 Å². The van der Waals surface area contributed by atoms with Crippen LogP contribution in [0.15, 0.2) is 46.7 Å². The lowest BCUT2D eigenvalue weighted by atomic mass is 9.91. The number of thiol groups is 1. The smallest absolute Gasteiger partial charge is 0.252 e. The predicted octanol–water partition coefficient (Wildman–Crippen LogP) is 3.74. The standard InChI is InChI=1S/C15H17NOS2/c1-15(2,13-8-5-9-19-13)10-16-14(17)11-6-3-4-7-12(11)18/h3-9,18H,10H2,1-2H3,(H,16,17). The fraction of sp³-hybridized carbons (Fsp3) is 0.267. The number of hydrogen-bond acceptors (Lipinski definition) is 3. The van der Waals surface area contributed by atoms with Crippen LogP contribution in [-0.4, -0.2) is 12.5 Å². The molecule has 1 aromatic carbocycles. The summed E-state index contributed by atoms with van der Waals surface area (Å²) < 4.78 is 0. The minimum atomic E-state index is -0.0739. The van der Waals surface area contributed by atoms with Gasteiger partial charge in [0.1, 0.15) is 0 Å². The highest BCUT2D eigenvalue weighted by Crippen LogP contribution is 2.26. The lowest BCUT2D eigenvalue weighted by molar-refractivity contribution is 0.0943. The molecule has 0 saturated carbocycles. The lowest BCUT2D eigenvalue weighted by Crippen LogP contribution is -2.36. The summed E-state index contributed by atoms with van der Waals surface area (Å²) in [5.41, 5.74) is 0.558. The van der Waals surface area contributed by atoms with E-state index in [0.29, 0.717) is 17.0 Å². The van der Waals surface area contributed by atoms with Crippen LogP contribution in [0.1, 0.15) is 29.1 Å². The largest absolute Gasteiger partial charge is 0.351 e. The average molecular weight is 291 g/mol. The maximum atomic E-state index is 12.1. The van der Waals surface area contributed by atoms with Gasteiger partial charge < -0.3 is 5.32 Å². The monoisotopic (exact) mass is 291 g/mol. The van der Waals surface area contributed by atoms with Gasteiger partial charge in [0.2, 0.25) is 0 Å². The normalized spacial score (nSPS) is 11.3. The Morgan fingerprint density at radius 2 is 2.00 bits per heavy atom. The maximum Gasteiger partial charge on any atom is 0.252 e. The van der Waals surface area contributed by atoms with Crippen molar-refractivity contribution >= 4 is 29.9 Å². The van der Waals surface area contributed by atoms with Gasteiger partial charge in [-0.3, -0.25) is 4.79 Å². The highest BCUT2D eigenvalue weighted by Gasteiger charge is 2.22. The summed E-state index contributed by atoms with van der Waals surface area (Å²) in [5, 5.41) is 5.04. The van der Waals surface area contributed by atoms with Gasteiger partial charge in [-0.2, -0.15) is 0 Å². The van der Waals surface area contributed by atoms with Gasteiger partial charge in [0, 0.05) is 21.7 Å². The van der Waals surface area contributed by atoms with Crippen molar-refractivity contribution < 1.29 is 4.79 Å². The molecule has 0 atom stereocenters. The Bertz CT molecular complexity index is 561. The van der Waals surface area contributed by atoms with Gasteiger partial charge in [-0.05, 0) is 23.6 Å². The highest BCUT2D eigenvalue weighted by atomic mass is 32.1. The van der Waals surface area contributed by atoms with Gasteiger partial charge in [-0.25, -0.2) is 0 Å². The quantitative estimate of drug-likeness (QED) is 0.826. The van der Waals surface area contributed by atoms with Crippen LogP contribution in [0.4, 0.5) is 0 Å². The number of benzene rings is 1. The van der Waals surface area contributed by atoms with Crippen molar-refractivity contribution in [3.8, 4) is 0 Å². The van der Waals surface area contributed by atoms with Crippen LogP contribution in [0.25, 0.3) is 0 Å². The summed E-state index contributed by atoms with van der Waals surface area (Å²) in [6, 6.07) is 11.5. The molecule has 19 heavy (non-hydrogen) atoms. The minimum absolute atomic E-state index is 0.0601. The molecule has 1 heterocycles. The van der Waals surface area contributed by atoms with E-state index in [1.54, 1.807) is 17.4 Å². The second-order valence-corrected chi connectivity index (χ2v) is 6.49. The van der Waals surface area contributed by atoms with Crippen LogP contribution in [0.5, 0.6) is 0 Å². The zero-order chi connectivity index (χ0) is 13.9. The van der Waals surface area contributed by atoms with Gasteiger partial charge in [-0.1, -0.05) is 32.0 Å². The summed E-state index contributed by atoms with van der Waals surface area (Å²) in [6.07, 6.45) is 0. The molecule has 1 aromatic heterocycles. The molecule has 0 fully saturated rings. The second kappa shape index (κ2) is 5.80. The first-order valence-corrected chi connectivity index (χ1v) is 7.43. The van der Waals surface area contributed by atoms with E-state index in [4.69, 9.17) is 0 Å². The zero-order valence-electron chi connectivity index (χ0n) is 11.0. The third kappa shape index (κ3) is 3.39. The minimum Gasteiger partial charge on any atom is -0.351 e. The Balaban J connectivity index is 2.03. The molecular weight excluding hydrogens is 274 g/mol. The fourth-order valence-electron chi connectivity index (χ4n) is 1.81. The summed E-state index contributed by atoms with van der Waals surface area (Å²) in [6.45, 7) is 4.87. The molecule has 4 heteroatoms. The Hall–Kier alpha value is -1.26. The Morgan fingerprint density at radius 1 is 1.26 bits per heavy atom. The lowest BCUT2D eigenvalue weighted by Gasteiger charge is -2.23. The van der Waals surface area contributed by atoms with Crippen LogP contribution in [0.3, 0.4) is 0 Å². The third-order valence-corrected chi connectivity index (χ3v) is 4.65. The van der Waals surface area contributed by atoms with Crippen LogP contribution in [0.2, 0.25) is 0 Å². The summed E-state index contributed by atoms with van der Waals surface area (Å²) in [7, 11) is 0. The van der Waals surface area contributed by atoms with Crippen LogP contribution >= 0.6 is 24.0 Å². The summed E-state index contributed by atoms with van der Waals surface area (Å²) >= 11 is 6.02. The molecule has 0 saturated heterocycles. The van der Waals surface area contributed by atoms with Gasteiger partial charge in [-0.15, -0.1) is 24.0 Å².